The van der Waals surface area contributed by atoms with Crippen molar-refractivity contribution in [2.75, 3.05) is 0 Å². The van der Waals surface area contributed by atoms with E-state index in [-0.39, 0.29) is 40.5 Å². The number of hydrogen-bond donors (Lipinski definition) is 1. The molecule has 33 heavy (non-hydrogen) atoms. The average molecular weight is 518 g/mol. The van der Waals surface area contributed by atoms with E-state index in [1.807, 2.05) is 45.0 Å². The van der Waals surface area contributed by atoms with Crippen LogP contribution in [0.5, 0.6) is 5.88 Å². The van der Waals surface area contributed by atoms with E-state index in [9.17, 15) is 14.0 Å². The predicted molar refractivity (Wildman–Crippen MR) is 126 cm³/mol. The van der Waals surface area contributed by atoms with Gasteiger partial charge in [0.2, 0.25) is 5.88 Å². The van der Waals surface area contributed by atoms with Crippen LogP contribution in [0.3, 0.4) is 0 Å². The van der Waals surface area contributed by atoms with Crippen molar-refractivity contribution in [3.63, 3.8) is 0 Å². The summed E-state index contributed by atoms with van der Waals surface area (Å²) in [6.45, 7) is 6.25. The van der Waals surface area contributed by atoms with Gasteiger partial charge in [-0.15, -0.1) is 0 Å². The number of aromatic nitrogens is 2. The third kappa shape index (κ3) is 7.42. The molecule has 1 aromatic heterocycles. The molecule has 3 aromatic rings. The van der Waals surface area contributed by atoms with Crippen molar-refractivity contribution < 1.29 is 18.7 Å². The van der Waals surface area contributed by atoms with E-state index in [2.05, 4.69) is 26.2 Å². The maximum atomic E-state index is 13.0. The van der Waals surface area contributed by atoms with Crippen LogP contribution < -0.4 is 15.6 Å². The maximum absolute atomic E-state index is 13.0. The van der Waals surface area contributed by atoms with Gasteiger partial charge in [0.15, 0.2) is 0 Å². The van der Waals surface area contributed by atoms with Gasteiger partial charge in [0, 0.05) is 5.54 Å². The lowest BCUT2D eigenvalue weighted by atomic mass is 10.1. The van der Waals surface area contributed by atoms with Crippen LogP contribution in [0.25, 0.3) is 0 Å². The lowest BCUT2D eigenvalue weighted by Gasteiger charge is -2.20. The predicted octanol–water partition coefficient (Wildman–Crippen LogP) is 4.80. The molecule has 0 atom stereocenters. The van der Waals surface area contributed by atoms with Gasteiger partial charge >= 0.3 is 6.09 Å². The minimum atomic E-state index is -0.476. The van der Waals surface area contributed by atoms with Crippen LogP contribution in [0.15, 0.2) is 64.1 Å². The smallest absolute Gasteiger partial charge is 0.407 e. The molecule has 0 saturated carbocycles. The van der Waals surface area contributed by atoms with E-state index in [0.717, 1.165) is 16.7 Å². The fourth-order valence-electron chi connectivity index (χ4n) is 2.82. The van der Waals surface area contributed by atoms with Crippen LogP contribution in [0.4, 0.5) is 9.18 Å². The first-order valence-corrected chi connectivity index (χ1v) is 11.0. The summed E-state index contributed by atoms with van der Waals surface area (Å²) in [5.74, 6) is -0.158. The molecular weight excluding hydrogens is 493 g/mol. The monoisotopic (exact) mass is 517 g/mol. The Morgan fingerprint density at radius 1 is 1.03 bits per heavy atom. The van der Waals surface area contributed by atoms with E-state index in [0.29, 0.717) is 6.54 Å². The van der Waals surface area contributed by atoms with Gasteiger partial charge in [-0.25, -0.2) is 14.2 Å². The van der Waals surface area contributed by atoms with Gasteiger partial charge in [-0.1, -0.05) is 36.4 Å². The van der Waals surface area contributed by atoms with Gasteiger partial charge in [-0.2, -0.15) is 0 Å². The van der Waals surface area contributed by atoms with Crippen LogP contribution in [-0.4, -0.2) is 21.2 Å². The van der Waals surface area contributed by atoms with Crippen molar-refractivity contribution in [3.05, 3.63) is 92.2 Å². The molecule has 0 saturated heterocycles. The Bertz CT molecular complexity index is 1160. The number of nitrogens with zero attached hydrogens (tertiary/aromatic N) is 2. The topological polar surface area (TPSA) is 82.4 Å². The van der Waals surface area contributed by atoms with Crippen molar-refractivity contribution in [2.45, 2.75) is 46.1 Å². The highest BCUT2D eigenvalue weighted by molar-refractivity contribution is 9.10. The third-order valence-electron chi connectivity index (χ3n) is 4.46. The second-order valence-electron chi connectivity index (χ2n) is 8.48. The van der Waals surface area contributed by atoms with Gasteiger partial charge in [0.25, 0.3) is 5.56 Å². The van der Waals surface area contributed by atoms with Crippen LogP contribution in [0, 0.1) is 5.82 Å². The van der Waals surface area contributed by atoms with Crippen LogP contribution in [-0.2, 0) is 24.5 Å². The molecule has 0 aliphatic carbocycles. The number of ether oxygens (including phenoxy) is 2. The molecule has 1 amide bonds. The zero-order valence-corrected chi connectivity index (χ0v) is 20.2. The first-order chi connectivity index (χ1) is 15.6. The number of alkyl carbamates (subject to hydrolysis) is 1. The normalized spacial score (nSPS) is 11.2. The Morgan fingerprint density at radius 2 is 1.61 bits per heavy atom. The van der Waals surface area contributed by atoms with E-state index >= 15 is 0 Å². The summed E-state index contributed by atoms with van der Waals surface area (Å²) in [5.41, 5.74) is 1.82. The molecule has 9 heteroatoms. The average Bonchev–Trinajstić information content (AvgIpc) is 2.76. The summed E-state index contributed by atoms with van der Waals surface area (Å²) in [6.07, 6.45) is 0.941. The summed E-state index contributed by atoms with van der Waals surface area (Å²) >= 11 is 3.26. The van der Waals surface area contributed by atoms with Crippen molar-refractivity contribution in [1.82, 2.24) is 14.9 Å². The highest BCUT2D eigenvalue weighted by Crippen LogP contribution is 2.19. The Labute approximate surface area is 199 Å². The molecule has 1 N–H and O–H groups in total. The molecule has 0 aliphatic heterocycles. The summed E-state index contributed by atoms with van der Waals surface area (Å²) < 4.78 is 25.5. The number of carbonyl (C=O) groups is 1. The molecule has 174 valence electrons. The molecule has 3 rings (SSSR count). The van der Waals surface area contributed by atoms with Crippen molar-refractivity contribution in [1.29, 1.82) is 0 Å². The van der Waals surface area contributed by atoms with E-state index in [1.54, 1.807) is 12.1 Å². The molecule has 0 fully saturated rings. The highest BCUT2D eigenvalue weighted by Gasteiger charge is 2.15. The van der Waals surface area contributed by atoms with Gasteiger partial charge in [0.05, 0.1) is 6.54 Å². The van der Waals surface area contributed by atoms with Crippen molar-refractivity contribution in [3.8, 4) is 5.88 Å². The number of carbonyl (C=O) groups excluding carboxylic acids is 1. The molecule has 7 nitrogen and oxygen atoms in total. The fraction of sp³-hybridized carbons (Fsp3) is 0.292. The molecular formula is C24H25BrFN3O4. The number of amides is 1. The standard InChI is InChI=1S/C24H25BrFN3O4/c1-24(2,3)28-23(31)33-14-17-6-4-16(5-7-17)12-29-15-27-21(20(25)22(29)30)32-13-18-8-10-19(26)11-9-18/h4-11,15H,12-14H2,1-3H3,(H,28,31). The zero-order valence-electron chi connectivity index (χ0n) is 18.6. The lowest BCUT2D eigenvalue weighted by Crippen LogP contribution is -2.40. The molecule has 1 heterocycles. The van der Waals surface area contributed by atoms with Gasteiger partial charge in [-0.05, 0) is 65.5 Å². The van der Waals surface area contributed by atoms with Crippen LogP contribution in [0.2, 0.25) is 0 Å². The molecule has 2 aromatic carbocycles. The van der Waals surface area contributed by atoms with Crippen molar-refractivity contribution >= 4 is 22.0 Å². The van der Waals surface area contributed by atoms with Crippen LogP contribution >= 0.6 is 15.9 Å². The Hall–Kier alpha value is -3.20. The number of benzene rings is 2. The molecule has 0 bridgehead atoms. The number of nitrogens with one attached hydrogen (secondary N) is 1. The third-order valence-corrected chi connectivity index (χ3v) is 5.14. The summed E-state index contributed by atoms with van der Waals surface area (Å²) in [7, 11) is 0. The quantitative estimate of drug-likeness (QED) is 0.486. The minimum absolute atomic E-state index is 0.148. The zero-order chi connectivity index (χ0) is 24.0. The molecule has 0 spiro atoms. The number of halogens is 2. The van der Waals surface area contributed by atoms with Gasteiger partial charge < -0.3 is 14.8 Å². The van der Waals surface area contributed by atoms with E-state index in [4.69, 9.17) is 9.47 Å². The first-order valence-electron chi connectivity index (χ1n) is 10.3. The molecule has 0 radical (unpaired) electrons. The lowest BCUT2D eigenvalue weighted by molar-refractivity contribution is 0.131. The second-order valence-corrected chi connectivity index (χ2v) is 9.27. The summed E-state index contributed by atoms with van der Waals surface area (Å²) in [6, 6.07) is 13.3. The maximum Gasteiger partial charge on any atom is 0.407 e. The van der Waals surface area contributed by atoms with Gasteiger partial charge in [0.1, 0.15) is 29.8 Å². The molecule has 0 unspecified atom stereocenters. The van der Waals surface area contributed by atoms with Crippen LogP contribution in [0.1, 0.15) is 37.5 Å². The summed E-state index contributed by atoms with van der Waals surface area (Å²) in [5, 5.41) is 2.73. The molecule has 0 aliphatic rings. The number of hydrogen-bond acceptors (Lipinski definition) is 5. The SMILES string of the molecule is CC(C)(C)NC(=O)OCc1ccc(Cn2cnc(OCc3ccc(F)cc3)c(Br)c2=O)cc1. The van der Waals surface area contributed by atoms with Gasteiger partial charge in [-0.3, -0.25) is 9.36 Å². The Morgan fingerprint density at radius 3 is 2.24 bits per heavy atom. The number of rotatable bonds is 7. The Balaban J connectivity index is 1.59. The van der Waals surface area contributed by atoms with Crippen molar-refractivity contribution in [2.24, 2.45) is 0 Å². The highest BCUT2D eigenvalue weighted by atomic mass is 79.9. The second kappa shape index (κ2) is 10.6. The van der Waals surface area contributed by atoms with E-state index in [1.165, 1.54) is 23.0 Å². The fourth-order valence-corrected chi connectivity index (χ4v) is 3.27. The van der Waals surface area contributed by atoms with E-state index < -0.39 is 6.09 Å². The first kappa shape index (κ1) is 24.4. The largest absolute Gasteiger partial charge is 0.472 e. The minimum Gasteiger partial charge on any atom is -0.472 e. The summed E-state index contributed by atoms with van der Waals surface area (Å²) in [4.78, 5) is 28.7. The Kier molecular flexibility index (Phi) is 7.86.